The number of rotatable bonds is 5. The number of nitrogens with one attached hydrogen (secondary N) is 1. The average Bonchev–Trinajstić information content (AvgIpc) is 3.19. The molecular weight excluding hydrogens is 466 g/mol. The van der Waals surface area contributed by atoms with Crippen molar-refractivity contribution in [3.05, 3.63) is 76.7 Å². The van der Waals surface area contributed by atoms with E-state index in [0.717, 1.165) is 17.4 Å². The lowest BCUT2D eigenvalue weighted by atomic mass is 9.99. The highest BCUT2D eigenvalue weighted by Gasteiger charge is 2.28. The summed E-state index contributed by atoms with van der Waals surface area (Å²) >= 11 is 0. The molecule has 0 bridgehead atoms. The van der Waals surface area contributed by atoms with Crippen LogP contribution in [0, 0.1) is 18.6 Å². The predicted molar refractivity (Wildman–Crippen MR) is 130 cm³/mol. The van der Waals surface area contributed by atoms with Gasteiger partial charge in [0.25, 0.3) is 5.91 Å². The van der Waals surface area contributed by atoms with Crippen molar-refractivity contribution in [3.63, 3.8) is 0 Å². The Balaban J connectivity index is 1.59. The van der Waals surface area contributed by atoms with Crippen molar-refractivity contribution in [1.29, 1.82) is 0 Å². The number of ether oxygens (including phenoxy) is 2. The molecule has 36 heavy (non-hydrogen) atoms. The van der Waals surface area contributed by atoms with Crippen LogP contribution >= 0.6 is 0 Å². The second-order valence-corrected chi connectivity index (χ2v) is 9.05. The Bertz CT molecular complexity index is 1480. The van der Waals surface area contributed by atoms with Gasteiger partial charge in [0, 0.05) is 23.7 Å². The van der Waals surface area contributed by atoms with E-state index in [9.17, 15) is 9.18 Å². The van der Waals surface area contributed by atoms with Crippen molar-refractivity contribution < 1.29 is 23.0 Å². The Hall–Kier alpha value is -4.01. The maximum atomic E-state index is 15.1. The molecule has 186 valence electrons. The number of halogens is 2. The zero-order chi connectivity index (χ0) is 25.6. The van der Waals surface area contributed by atoms with Crippen molar-refractivity contribution >= 4 is 11.6 Å². The van der Waals surface area contributed by atoms with E-state index in [-0.39, 0.29) is 23.4 Å². The maximum Gasteiger partial charge on any atom is 0.255 e. The third kappa shape index (κ3) is 3.84. The monoisotopic (exact) mass is 492 g/mol. The molecule has 1 aliphatic heterocycles. The van der Waals surface area contributed by atoms with Crippen LogP contribution < -0.4 is 14.8 Å². The molecule has 1 atom stereocenters. The lowest BCUT2D eigenvalue weighted by Gasteiger charge is -2.27. The molecule has 5 rings (SSSR count). The summed E-state index contributed by atoms with van der Waals surface area (Å²) in [6.45, 7) is 6.13. The molecule has 4 aromatic rings. The minimum atomic E-state index is -0.830. The van der Waals surface area contributed by atoms with E-state index in [2.05, 4.69) is 15.4 Å². The van der Waals surface area contributed by atoms with Crippen LogP contribution in [-0.2, 0) is 0 Å². The first-order valence-electron chi connectivity index (χ1n) is 11.7. The molecule has 7 nitrogen and oxygen atoms in total. The average molecular weight is 493 g/mol. The Morgan fingerprint density at radius 3 is 2.75 bits per heavy atom. The summed E-state index contributed by atoms with van der Waals surface area (Å²) in [6, 6.07) is 9.94. The van der Waals surface area contributed by atoms with E-state index < -0.39 is 17.4 Å². The van der Waals surface area contributed by atoms with Crippen LogP contribution in [0.3, 0.4) is 0 Å². The summed E-state index contributed by atoms with van der Waals surface area (Å²) in [6.07, 6.45) is 2.14. The van der Waals surface area contributed by atoms with E-state index in [0.29, 0.717) is 41.2 Å². The van der Waals surface area contributed by atoms with Gasteiger partial charge < -0.3 is 14.8 Å². The second-order valence-electron chi connectivity index (χ2n) is 9.05. The van der Waals surface area contributed by atoms with Crippen molar-refractivity contribution in [2.24, 2.45) is 0 Å². The van der Waals surface area contributed by atoms with Gasteiger partial charge in [-0.05, 0) is 31.0 Å². The Morgan fingerprint density at radius 2 is 2.00 bits per heavy atom. The number of benzene rings is 2. The number of para-hydroxylation sites is 1. The maximum absolute atomic E-state index is 15.1. The van der Waals surface area contributed by atoms with E-state index in [1.165, 1.54) is 19.4 Å². The molecule has 0 aliphatic carbocycles. The number of aromatic nitrogens is 3. The van der Waals surface area contributed by atoms with Crippen LogP contribution in [-0.4, -0.2) is 34.2 Å². The van der Waals surface area contributed by atoms with Crippen molar-refractivity contribution in [3.8, 4) is 22.6 Å². The molecule has 0 radical (unpaired) electrons. The van der Waals surface area contributed by atoms with E-state index >= 15 is 4.39 Å². The van der Waals surface area contributed by atoms with Crippen LogP contribution in [0.2, 0.25) is 0 Å². The van der Waals surface area contributed by atoms with Crippen LogP contribution in [0.25, 0.3) is 16.8 Å². The van der Waals surface area contributed by atoms with Gasteiger partial charge in [-0.2, -0.15) is 5.10 Å². The summed E-state index contributed by atoms with van der Waals surface area (Å²) < 4.78 is 41.4. The van der Waals surface area contributed by atoms with Gasteiger partial charge in [-0.15, -0.1) is 0 Å². The number of carbonyl (C=O) groups is 1. The van der Waals surface area contributed by atoms with Gasteiger partial charge in [0.05, 0.1) is 42.3 Å². The molecular formula is C27H26F2N4O3. The molecule has 0 saturated carbocycles. The minimum Gasteiger partial charge on any atom is -0.493 e. The van der Waals surface area contributed by atoms with Crippen LogP contribution in [0.4, 0.5) is 8.78 Å². The van der Waals surface area contributed by atoms with Gasteiger partial charge in [0.1, 0.15) is 5.75 Å². The lowest BCUT2D eigenvalue weighted by Crippen LogP contribution is -2.33. The molecule has 2 aromatic heterocycles. The molecule has 1 amide bonds. The van der Waals surface area contributed by atoms with Gasteiger partial charge in [0.2, 0.25) is 0 Å². The predicted octanol–water partition coefficient (Wildman–Crippen LogP) is 5.37. The van der Waals surface area contributed by atoms with E-state index in [1.807, 2.05) is 38.1 Å². The summed E-state index contributed by atoms with van der Waals surface area (Å²) in [5.74, 6) is -1.71. The summed E-state index contributed by atoms with van der Waals surface area (Å²) in [4.78, 5) is 18.0. The number of hydrogen-bond acceptors (Lipinski definition) is 5. The van der Waals surface area contributed by atoms with Gasteiger partial charge in [-0.1, -0.05) is 32.0 Å². The third-order valence-electron chi connectivity index (χ3n) is 6.43. The Kier molecular flexibility index (Phi) is 6.07. The number of methoxy groups -OCH3 is 1. The largest absolute Gasteiger partial charge is 0.493 e. The van der Waals surface area contributed by atoms with Crippen LogP contribution in [0.5, 0.6) is 11.5 Å². The fourth-order valence-corrected chi connectivity index (χ4v) is 4.79. The number of nitrogens with zero attached hydrogens (tertiary/aromatic N) is 3. The fourth-order valence-electron chi connectivity index (χ4n) is 4.79. The third-order valence-corrected chi connectivity index (χ3v) is 6.43. The Morgan fingerprint density at radius 1 is 1.22 bits per heavy atom. The van der Waals surface area contributed by atoms with Crippen molar-refractivity contribution in [1.82, 2.24) is 19.9 Å². The number of fused-ring (bicyclic) bond motifs is 2. The lowest BCUT2D eigenvalue weighted by molar-refractivity contribution is 0.0922. The first-order chi connectivity index (χ1) is 17.3. The topological polar surface area (TPSA) is 77.8 Å². The van der Waals surface area contributed by atoms with Crippen molar-refractivity contribution in [2.45, 2.75) is 39.2 Å². The number of aryl methyl sites for hydroxylation is 1. The first-order valence-corrected chi connectivity index (χ1v) is 11.7. The van der Waals surface area contributed by atoms with E-state index in [4.69, 9.17) is 9.47 Å². The van der Waals surface area contributed by atoms with Gasteiger partial charge >= 0.3 is 0 Å². The zero-order valence-electron chi connectivity index (χ0n) is 20.4. The number of carbonyl (C=O) groups excluding carboxylic acids is 1. The highest BCUT2D eigenvalue weighted by atomic mass is 19.1. The second kappa shape index (κ2) is 9.22. The van der Waals surface area contributed by atoms with Gasteiger partial charge in [-0.3, -0.25) is 4.79 Å². The molecule has 9 heteroatoms. The van der Waals surface area contributed by atoms with Crippen LogP contribution in [0.15, 0.2) is 42.6 Å². The SMILES string of the molecule is COc1c(F)ccc(-c2c(C)nn3c(C(C)C)c(C(=O)N[C@H]4CCOc5ccccc54)cnc23)c1F. The van der Waals surface area contributed by atoms with Gasteiger partial charge in [0.15, 0.2) is 23.0 Å². The van der Waals surface area contributed by atoms with Crippen molar-refractivity contribution in [2.75, 3.05) is 13.7 Å². The number of hydrogen-bond donors (Lipinski definition) is 1. The molecule has 1 N–H and O–H groups in total. The minimum absolute atomic E-state index is 0.0991. The molecule has 2 aromatic carbocycles. The van der Waals surface area contributed by atoms with E-state index in [1.54, 1.807) is 11.4 Å². The zero-order valence-corrected chi connectivity index (χ0v) is 20.4. The molecule has 0 fully saturated rings. The summed E-state index contributed by atoms with van der Waals surface area (Å²) in [5, 5.41) is 7.73. The Labute approximate surface area is 207 Å². The molecule has 0 saturated heterocycles. The quantitative estimate of drug-likeness (QED) is 0.405. The normalized spacial score (nSPS) is 15.0. The number of amides is 1. The highest BCUT2D eigenvalue weighted by molar-refractivity contribution is 5.96. The molecule has 1 aliphatic rings. The summed E-state index contributed by atoms with van der Waals surface area (Å²) in [5.41, 5.74) is 3.35. The highest BCUT2D eigenvalue weighted by Crippen LogP contribution is 2.37. The standard InChI is InChI=1S/C27H26F2N4O3/c1-14(2)24-18(27(34)31-20-11-12-36-21-8-6-5-7-16(20)21)13-30-26-22(15(3)32-33(24)26)17-9-10-19(28)25(35-4)23(17)29/h5-10,13-14,20H,11-12H2,1-4H3,(H,31,34)/t20-/m0/s1. The van der Waals surface area contributed by atoms with Gasteiger partial charge in [-0.25, -0.2) is 18.3 Å². The first kappa shape index (κ1) is 23.7. The molecule has 0 spiro atoms. The fraction of sp³-hybridized carbons (Fsp3) is 0.296. The smallest absolute Gasteiger partial charge is 0.255 e. The summed E-state index contributed by atoms with van der Waals surface area (Å²) in [7, 11) is 1.21. The van der Waals surface area contributed by atoms with Crippen LogP contribution in [0.1, 0.15) is 59.5 Å². The molecule has 3 heterocycles. The molecule has 0 unspecified atom stereocenters.